The van der Waals surface area contributed by atoms with Crippen molar-refractivity contribution in [3.63, 3.8) is 0 Å². The van der Waals surface area contributed by atoms with Gasteiger partial charge in [0.2, 0.25) is 11.8 Å². The number of nitrogens with zero attached hydrogens (tertiary/aromatic N) is 4. The lowest BCUT2D eigenvalue weighted by atomic mass is 9.91. The fourth-order valence-electron chi connectivity index (χ4n) is 6.95. The van der Waals surface area contributed by atoms with Gasteiger partial charge >= 0.3 is 6.18 Å². The molecule has 0 aliphatic carbocycles. The maximum absolute atomic E-state index is 13.9. The first-order chi connectivity index (χ1) is 25.4. The summed E-state index contributed by atoms with van der Waals surface area (Å²) in [6.45, 7) is -0.215. The number of aliphatic hydroxyl groups is 2. The van der Waals surface area contributed by atoms with Gasteiger partial charge in [0.25, 0.3) is 0 Å². The summed E-state index contributed by atoms with van der Waals surface area (Å²) in [7, 11) is 0. The molecule has 4 aromatic rings. The number of carbonyl (C=O) groups excluding carboxylic acids is 2. The van der Waals surface area contributed by atoms with Gasteiger partial charge in [-0.2, -0.15) is 13.2 Å². The van der Waals surface area contributed by atoms with E-state index in [-0.39, 0.29) is 39.1 Å². The van der Waals surface area contributed by atoms with Crippen LogP contribution in [-0.4, -0.2) is 105 Å². The van der Waals surface area contributed by atoms with Gasteiger partial charge in [0.05, 0.1) is 22.9 Å². The fraction of sp³-hybridized carbons (Fsp3) is 0.395. The van der Waals surface area contributed by atoms with E-state index in [1.165, 1.54) is 0 Å². The maximum atomic E-state index is 13.9. The molecule has 2 aliphatic heterocycles. The molecule has 0 radical (unpaired) electrons. The number of alkyl halides is 3. The second-order valence-corrected chi connectivity index (χ2v) is 13.9. The number of amides is 2. The van der Waals surface area contributed by atoms with Gasteiger partial charge in [-0.15, -0.1) is 0 Å². The lowest BCUT2D eigenvalue weighted by Gasteiger charge is -2.41. The van der Waals surface area contributed by atoms with Crippen molar-refractivity contribution in [2.75, 3.05) is 39.3 Å². The number of hydrogen-bond acceptors (Lipinski definition) is 8. The lowest BCUT2D eigenvalue weighted by Crippen LogP contribution is -2.60. The van der Waals surface area contributed by atoms with Crippen LogP contribution in [0.25, 0.3) is 5.69 Å². The topological polar surface area (TPSA) is 132 Å². The third-order valence-corrected chi connectivity index (χ3v) is 9.88. The number of ether oxygens (including phenoxy) is 1. The summed E-state index contributed by atoms with van der Waals surface area (Å²) in [5.74, 6) is -1.41. The summed E-state index contributed by atoms with van der Waals surface area (Å²) < 4.78 is 46.9. The second-order valence-electron chi connectivity index (χ2n) is 13.5. The van der Waals surface area contributed by atoms with E-state index in [1.807, 2.05) is 57.5 Å². The summed E-state index contributed by atoms with van der Waals surface area (Å²) in [5.41, 5.74) is 3.11. The number of pyridine rings is 1. The molecule has 282 valence electrons. The number of hydrogen-bond donors (Lipinski definition) is 4. The van der Waals surface area contributed by atoms with Crippen molar-refractivity contribution in [1.29, 1.82) is 0 Å². The normalized spacial score (nSPS) is 20.5. The summed E-state index contributed by atoms with van der Waals surface area (Å²) in [6.07, 6.45) is 0.528. The molecule has 4 heterocycles. The molecular formula is C38H42ClF3N6O5. The summed E-state index contributed by atoms with van der Waals surface area (Å²) >= 11 is 6.37. The molecule has 2 aromatic heterocycles. The molecule has 2 amide bonds. The Hall–Kier alpha value is -4.47. The highest BCUT2D eigenvalue weighted by molar-refractivity contribution is 6.32. The number of carbonyl (C=O) groups is 2. The molecule has 2 aromatic carbocycles. The highest BCUT2D eigenvalue weighted by Crippen LogP contribution is 2.32. The summed E-state index contributed by atoms with van der Waals surface area (Å²) in [4.78, 5) is 35.0. The highest BCUT2D eigenvalue weighted by Gasteiger charge is 2.38. The minimum Gasteiger partial charge on any atom is -0.490 e. The number of para-hydroxylation sites is 2. The zero-order valence-corrected chi connectivity index (χ0v) is 29.6. The lowest BCUT2D eigenvalue weighted by molar-refractivity contribution is -0.143. The van der Waals surface area contributed by atoms with E-state index in [4.69, 9.17) is 16.3 Å². The maximum Gasteiger partial charge on any atom is 0.405 e. The first kappa shape index (κ1) is 38.3. The van der Waals surface area contributed by atoms with Crippen LogP contribution in [-0.2, 0) is 22.6 Å². The molecule has 1 unspecified atom stereocenters. The number of piperazine rings is 1. The Morgan fingerprint density at radius 1 is 1.04 bits per heavy atom. The van der Waals surface area contributed by atoms with Gasteiger partial charge in [-0.1, -0.05) is 48.0 Å². The van der Waals surface area contributed by atoms with E-state index < -0.39 is 54.7 Å². The molecule has 5 atom stereocenters. The first-order valence-electron chi connectivity index (χ1n) is 17.4. The van der Waals surface area contributed by atoms with Crippen molar-refractivity contribution >= 4 is 23.4 Å². The third-order valence-electron chi connectivity index (χ3n) is 9.56. The first-order valence-corrected chi connectivity index (χ1v) is 17.8. The van der Waals surface area contributed by atoms with Crippen LogP contribution in [0.1, 0.15) is 29.2 Å². The molecular weight excluding hydrogens is 713 g/mol. The van der Waals surface area contributed by atoms with Gasteiger partial charge in [-0.3, -0.25) is 24.4 Å². The molecule has 6 rings (SSSR count). The highest BCUT2D eigenvalue weighted by atomic mass is 35.5. The van der Waals surface area contributed by atoms with Gasteiger partial charge in [-0.05, 0) is 54.3 Å². The molecule has 1 fully saturated rings. The third kappa shape index (κ3) is 10.1. The predicted octanol–water partition coefficient (Wildman–Crippen LogP) is 3.91. The molecule has 4 N–H and O–H groups in total. The number of aliphatic hydroxyl groups excluding tert-OH is 2. The number of halogens is 4. The van der Waals surface area contributed by atoms with Crippen LogP contribution in [0.5, 0.6) is 5.75 Å². The van der Waals surface area contributed by atoms with Crippen molar-refractivity contribution in [2.45, 2.75) is 49.9 Å². The zero-order chi connectivity index (χ0) is 37.5. The van der Waals surface area contributed by atoms with Gasteiger partial charge < -0.3 is 30.2 Å². The number of nitrogens with one attached hydrogen (secondary N) is 2. The van der Waals surface area contributed by atoms with Gasteiger partial charge in [0, 0.05) is 69.0 Å². The van der Waals surface area contributed by atoms with Crippen molar-refractivity contribution in [2.24, 2.45) is 5.92 Å². The van der Waals surface area contributed by atoms with E-state index in [1.54, 1.807) is 53.7 Å². The number of β-amino-alcohol motifs (C(OH)–C–C–N with tert-alkyl or cyclic N) is 1. The van der Waals surface area contributed by atoms with E-state index >= 15 is 0 Å². The molecule has 2 aliphatic rings. The monoisotopic (exact) mass is 754 g/mol. The van der Waals surface area contributed by atoms with E-state index in [0.717, 1.165) is 16.8 Å². The van der Waals surface area contributed by atoms with E-state index in [2.05, 4.69) is 10.3 Å². The second kappa shape index (κ2) is 17.1. The van der Waals surface area contributed by atoms with Crippen LogP contribution in [0.3, 0.4) is 0 Å². The quantitative estimate of drug-likeness (QED) is 0.162. The van der Waals surface area contributed by atoms with E-state index in [9.17, 15) is 33.0 Å². The molecule has 0 bridgehead atoms. The molecule has 15 heteroatoms. The standard InChI is InChI=1S/C38H42ClF3N6O5/c39-30-8-2-3-9-31(30)47-13-11-26(20-47)19-46-14-15-48(32(22-46)37(52)44-24-38(40,41)42)21-28(49)17-27(16-25-6-5-12-43-18-25)36(51)45-35-29-7-1-4-10-34(29)53-23-33(35)50/h1-13,18,20,27-28,32-33,35,49-50H,14-17,19,21-24H2,(H,44,52)(H,45,51)/t27-,28+,32+,33?,35+/m1/s1. The molecule has 1 saturated heterocycles. The van der Waals surface area contributed by atoms with Crippen molar-refractivity contribution in [1.82, 2.24) is 30.0 Å². The van der Waals surface area contributed by atoms with Crippen molar-refractivity contribution < 1.29 is 37.7 Å². The number of aromatic nitrogens is 2. The Balaban J connectivity index is 1.15. The minimum atomic E-state index is -4.60. The Kier molecular flexibility index (Phi) is 12.4. The van der Waals surface area contributed by atoms with E-state index in [0.29, 0.717) is 29.4 Å². The SMILES string of the molecule is O=C(N[C@H]1c2ccccc2OCC1O)[C@H](Cc1cccnc1)C[C@H](O)CN1CCN(Cc2ccn(-c3ccccc3Cl)c2)C[C@H]1C(=O)NCC(F)(F)F. The van der Waals surface area contributed by atoms with Crippen LogP contribution in [0.15, 0.2) is 91.5 Å². The van der Waals surface area contributed by atoms with Crippen LogP contribution in [0.4, 0.5) is 13.2 Å². The minimum absolute atomic E-state index is 0.00513. The van der Waals surface area contributed by atoms with Gasteiger partial charge in [0.15, 0.2) is 0 Å². The number of rotatable bonds is 13. The summed E-state index contributed by atoms with van der Waals surface area (Å²) in [5, 5.41) is 27.8. The summed E-state index contributed by atoms with van der Waals surface area (Å²) in [6, 6.07) is 18.3. The largest absolute Gasteiger partial charge is 0.490 e. The van der Waals surface area contributed by atoms with Crippen LogP contribution >= 0.6 is 11.6 Å². The zero-order valence-electron chi connectivity index (χ0n) is 28.8. The predicted molar refractivity (Wildman–Crippen MR) is 191 cm³/mol. The van der Waals surface area contributed by atoms with Crippen molar-refractivity contribution in [3.8, 4) is 11.4 Å². The number of fused-ring (bicyclic) bond motifs is 1. The van der Waals surface area contributed by atoms with Crippen LogP contribution < -0.4 is 15.4 Å². The van der Waals surface area contributed by atoms with Crippen molar-refractivity contribution in [3.05, 3.63) is 113 Å². The average molecular weight is 755 g/mol. The van der Waals surface area contributed by atoms with Gasteiger partial charge in [0.1, 0.15) is 31.0 Å². The molecule has 11 nitrogen and oxygen atoms in total. The van der Waals surface area contributed by atoms with Crippen LogP contribution in [0, 0.1) is 5.92 Å². The smallest absolute Gasteiger partial charge is 0.405 e. The molecule has 0 spiro atoms. The Labute approximate surface area is 310 Å². The average Bonchev–Trinajstić information content (AvgIpc) is 3.60. The Morgan fingerprint density at radius 2 is 1.83 bits per heavy atom. The van der Waals surface area contributed by atoms with Crippen LogP contribution in [0.2, 0.25) is 5.02 Å². The Bertz CT molecular complexity index is 1850. The van der Waals surface area contributed by atoms with Gasteiger partial charge in [-0.25, -0.2) is 0 Å². The number of benzene rings is 2. The fourth-order valence-corrected chi connectivity index (χ4v) is 7.18. The molecule has 0 saturated carbocycles. The molecule has 53 heavy (non-hydrogen) atoms. The Morgan fingerprint density at radius 3 is 2.60 bits per heavy atom.